The van der Waals surface area contributed by atoms with E-state index in [1.54, 1.807) is 12.1 Å². The Morgan fingerprint density at radius 1 is 1.00 bits per heavy atom. The van der Waals surface area contributed by atoms with Crippen LogP contribution in [0.2, 0.25) is 10.0 Å². The third-order valence-electron chi connectivity index (χ3n) is 3.09. The van der Waals surface area contributed by atoms with Gasteiger partial charge in [0, 0.05) is 10.0 Å². The van der Waals surface area contributed by atoms with Gasteiger partial charge in [0.05, 0.1) is 5.69 Å². The third kappa shape index (κ3) is 3.36. The predicted octanol–water partition coefficient (Wildman–Crippen LogP) is 3.62. The van der Waals surface area contributed by atoms with Crippen LogP contribution in [0.4, 0.5) is 5.69 Å². The Labute approximate surface area is 132 Å². The number of carbonyl (C=O) groups excluding carboxylic acids is 1. The Hall–Kier alpha value is -1.59. The van der Waals surface area contributed by atoms with Crippen molar-refractivity contribution in [1.82, 2.24) is 0 Å². The van der Waals surface area contributed by atoms with Gasteiger partial charge in [-0.3, -0.25) is 10.0 Å². The van der Waals surface area contributed by atoms with Crippen molar-refractivity contribution in [3.05, 3.63) is 64.1 Å². The zero-order valence-corrected chi connectivity index (χ0v) is 12.6. The Morgan fingerprint density at radius 2 is 1.43 bits per heavy atom. The lowest BCUT2D eigenvalue weighted by Crippen LogP contribution is -2.43. The number of amides is 1. The monoisotopic (exact) mass is 325 g/mol. The normalized spacial score (nSPS) is 13.6. The van der Waals surface area contributed by atoms with Crippen LogP contribution in [0.3, 0.4) is 0 Å². The van der Waals surface area contributed by atoms with Crippen LogP contribution in [0.15, 0.2) is 48.5 Å². The molecule has 2 N–H and O–H groups in total. The molecule has 0 aliphatic heterocycles. The molecule has 0 fully saturated rings. The summed E-state index contributed by atoms with van der Waals surface area (Å²) in [5.41, 5.74) is -1.36. The molecule has 0 aliphatic carbocycles. The Kier molecular flexibility index (Phi) is 4.54. The van der Waals surface area contributed by atoms with Gasteiger partial charge < -0.3 is 5.11 Å². The largest absolute Gasteiger partial charge is 0.375 e. The average molecular weight is 326 g/mol. The predicted molar refractivity (Wildman–Crippen MR) is 81.7 cm³/mol. The molecule has 110 valence electrons. The molecule has 0 saturated heterocycles. The maximum atomic E-state index is 12.3. The zero-order chi connectivity index (χ0) is 15.6. The zero-order valence-electron chi connectivity index (χ0n) is 11.1. The Bertz CT molecular complexity index is 639. The molecular formula is C15H13Cl2NO3. The number of hydrogen-bond donors (Lipinski definition) is 2. The fourth-order valence-corrected chi connectivity index (χ4v) is 2.06. The van der Waals surface area contributed by atoms with E-state index in [1.165, 1.54) is 43.3 Å². The van der Waals surface area contributed by atoms with Gasteiger partial charge in [0.25, 0.3) is 5.91 Å². The van der Waals surface area contributed by atoms with E-state index in [-0.39, 0.29) is 5.69 Å². The Balaban J connectivity index is 2.28. The molecule has 0 spiro atoms. The van der Waals surface area contributed by atoms with Crippen LogP contribution in [-0.2, 0) is 10.4 Å². The number of halogens is 2. The smallest absolute Gasteiger partial charge is 0.286 e. The highest BCUT2D eigenvalue weighted by Gasteiger charge is 2.36. The van der Waals surface area contributed by atoms with E-state index in [4.69, 9.17) is 23.2 Å². The van der Waals surface area contributed by atoms with Crippen LogP contribution in [0.1, 0.15) is 12.5 Å². The van der Waals surface area contributed by atoms with Crippen LogP contribution >= 0.6 is 23.2 Å². The second-order valence-electron chi connectivity index (χ2n) is 4.67. The van der Waals surface area contributed by atoms with E-state index in [0.29, 0.717) is 20.7 Å². The summed E-state index contributed by atoms with van der Waals surface area (Å²) in [6.45, 7) is 1.30. The maximum absolute atomic E-state index is 12.3. The summed E-state index contributed by atoms with van der Waals surface area (Å²) in [6, 6.07) is 12.2. The number of benzene rings is 2. The first kappa shape index (κ1) is 15.8. The summed E-state index contributed by atoms with van der Waals surface area (Å²) in [7, 11) is 0. The molecule has 0 aromatic heterocycles. The lowest BCUT2D eigenvalue weighted by molar-refractivity contribution is -0.141. The molecule has 1 unspecified atom stereocenters. The summed E-state index contributed by atoms with van der Waals surface area (Å²) in [6.07, 6.45) is 0. The number of hydroxylamine groups is 1. The van der Waals surface area contributed by atoms with Crippen molar-refractivity contribution in [2.45, 2.75) is 12.5 Å². The fourth-order valence-electron chi connectivity index (χ4n) is 1.80. The van der Waals surface area contributed by atoms with Gasteiger partial charge >= 0.3 is 0 Å². The van der Waals surface area contributed by atoms with Crippen molar-refractivity contribution in [1.29, 1.82) is 0 Å². The first-order valence-corrected chi connectivity index (χ1v) is 6.85. The average Bonchev–Trinajstić information content (AvgIpc) is 2.47. The van der Waals surface area contributed by atoms with Crippen molar-refractivity contribution >= 4 is 34.8 Å². The van der Waals surface area contributed by atoms with Crippen LogP contribution in [0.25, 0.3) is 0 Å². The van der Waals surface area contributed by atoms with Gasteiger partial charge in [0.15, 0.2) is 5.60 Å². The number of hydrogen-bond acceptors (Lipinski definition) is 3. The standard InChI is InChI=1S/C15H13Cl2NO3/c1-15(20,10-2-4-11(16)5-3-10)14(19)18(21)13-8-6-12(17)7-9-13/h2-9,20-21H,1H3. The molecule has 2 aromatic rings. The van der Waals surface area contributed by atoms with Crippen molar-refractivity contribution in [3.63, 3.8) is 0 Å². The molecule has 21 heavy (non-hydrogen) atoms. The molecular weight excluding hydrogens is 313 g/mol. The van der Waals surface area contributed by atoms with Gasteiger partial charge in [-0.25, -0.2) is 0 Å². The van der Waals surface area contributed by atoms with Crippen molar-refractivity contribution in [2.24, 2.45) is 0 Å². The number of carbonyl (C=O) groups is 1. The molecule has 4 nitrogen and oxygen atoms in total. The third-order valence-corrected chi connectivity index (χ3v) is 3.59. The van der Waals surface area contributed by atoms with E-state index in [0.717, 1.165) is 0 Å². The lowest BCUT2D eigenvalue weighted by atomic mass is 9.95. The number of nitrogens with zero attached hydrogens (tertiary/aromatic N) is 1. The first-order valence-electron chi connectivity index (χ1n) is 6.10. The van der Waals surface area contributed by atoms with E-state index in [1.807, 2.05) is 0 Å². The minimum absolute atomic E-state index is 0.207. The minimum atomic E-state index is -1.89. The van der Waals surface area contributed by atoms with Gasteiger partial charge in [-0.15, -0.1) is 0 Å². The van der Waals surface area contributed by atoms with Crippen molar-refractivity contribution in [2.75, 3.05) is 5.06 Å². The molecule has 0 bridgehead atoms. The summed E-state index contributed by atoms with van der Waals surface area (Å²) in [5.74, 6) is -0.882. The second kappa shape index (κ2) is 6.03. The van der Waals surface area contributed by atoms with Gasteiger partial charge in [-0.2, -0.15) is 5.06 Å². The molecule has 0 heterocycles. The van der Waals surface area contributed by atoms with E-state index >= 15 is 0 Å². The van der Waals surface area contributed by atoms with Crippen LogP contribution in [0, 0.1) is 0 Å². The Morgan fingerprint density at radius 3 is 1.90 bits per heavy atom. The highest BCUT2D eigenvalue weighted by molar-refractivity contribution is 6.30. The molecule has 1 amide bonds. The van der Waals surface area contributed by atoms with Crippen LogP contribution in [0.5, 0.6) is 0 Å². The second-order valence-corrected chi connectivity index (χ2v) is 5.55. The highest BCUT2D eigenvalue weighted by Crippen LogP contribution is 2.27. The molecule has 6 heteroatoms. The van der Waals surface area contributed by atoms with E-state index in [2.05, 4.69) is 0 Å². The molecule has 1 atom stereocenters. The molecule has 2 aromatic carbocycles. The van der Waals surface area contributed by atoms with Gasteiger partial charge in [-0.05, 0) is 48.9 Å². The van der Waals surface area contributed by atoms with Crippen LogP contribution in [-0.4, -0.2) is 16.2 Å². The first-order chi connectivity index (χ1) is 9.82. The van der Waals surface area contributed by atoms with Gasteiger partial charge in [0.2, 0.25) is 0 Å². The van der Waals surface area contributed by atoms with E-state index in [9.17, 15) is 15.1 Å². The molecule has 0 radical (unpaired) electrons. The summed E-state index contributed by atoms with van der Waals surface area (Å²) >= 11 is 11.5. The fraction of sp³-hybridized carbons (Fsp3) is 0.133. The highest BCUT2D eigenvalue weighted by atomic mass is 35.5. The van der Waals surface area contributed by atoms with Crippen molar-refractivity contribution < 1.29 is 15.1 Å². The number of rotatable bonds is 3. The van der Waals surface area contributed by atoms with Crippen LogP contribution < -0.4 is 5.06 Å². The van der Waals surface area contributed by atoms with Crippen molar-refractivity contribution in [3.8, 4) is 0 Å². The summed E-state index contributed by atoms with van der Waals surface area (Å²) < 4.78 is 0. The quantitative estimate of drug-likeness (QED) is 0.669. The SMILES string of the molecule is CC(O)(C(=O)N(O)c1ccc(Cl)cc1)c1ccc(Cl)cc1. The number of anilines is 1. The lowest BCUT2D eigenvalue weighted by Gasteiger charge is -2.27. The summed E-state index contributed by atoms with van der Waals surface area (Å²) in [5, 5.41) is 21.8. The minimum Gasteiger partial charge on any atom is -0.375 e. The topological polar surface area (TPSA) is 60.8 Å². The summed E-state index contributed by atoms with van der Waals surface area (Å²) in [4.78, 5) is 12.3. The number of aliphatic hydroxyl groups is 1. The van der Waals surface area contributed by atoms with Gasteiger partial charge in [-0.1, -0.05) is 35.3 Å². The van der Waals surface area contributed by atoms with Gasteiger partial charge in [0.1, 0.15) is 0 Å². The molecule has 2 rings (SSSR count). The molecule has 0 aliphatic rings. The molecule has 0 saturated carbocycles. The maximum Gasteiger partial charge on any atom is 0.286 e. The van der Waals surface area contributed by atoms with E-state index < -0.39 is 11.5 Å².